The Morgan fingerprint density at radius 1 is 0.849 bits per heavy atom. The van der Waals surface area contributed by atoms with Crippen LogP contribution in [0.5, 0.6) is 11.5 Å². The van der Waals surface area contributed by atoms with Gasteiger partial charge in [0.15, 0.2) is 5.65 Å². The van der Waals surface area contributed by atoms with Gasteiger partial charge in [-0.25, -0.2) is 0 Å². The van der Waals surface area contributed by atoms with Crippen LogP contribution in [0.4, 0.5) is 11.4 Å². The number of phenolic OH excluding ortho intramolecular Hbond substituents is 1. The molecule has 0 bridgehead atoms. The number of amides is 3. The van der Waals surface area contributed by atoms with E-state index < -0.39 is 0 Å². The van der Waals surface area contributed by atoms with E-state index in [9.17, 15) is 19.5 Å². The average Bonchev–Trinajstić information content (AvgIpc) is 3.61. The van der Waals surface area contributed by atoms with Crippen LogP contribution in [-0.4, -0.2) is 92.8 Å². The molecule has 1 aliphatic carbocycles. The fourth-order valence-electron chi connectivity index (χ4n) is 8.61. The number of rotatable bonds is 6. The normalized spacial score (nSPS) is 22.4. The van der Waals surface area contributed by atoms with Crippen molar-refractivity contribution in [3.8, 4) is 34.0 Å². The summed E-state index contributed by atoms with van der Waals surface area (Å²) in [5.74, 6) is 0.976. The van der Waals surface area contributed by atoms with E-state index in [2.05, 4.69) is 42.4 Å². The molecule has 13 nitrogen and oxygen atoms in total. The molecular formula is C40H40N8O5. The highest BCUT2D eigenvalue weighted by molar-refractivity contribution is 6.02. The zero-order valence-corrected chi connectivity index (χ0v) is 29.2. The number of nitrogens with zero attached hydrogens (tertiary/aromatic N) is 6. The van der Waals surface area contributed by atoms with Gasteiger partial charge in [0.2, 0.25) is 17.7 Å². The van der Waals surface area contributed by atoms with Crippen molar-refractivity contribution in [3.63, 3.8) is 0 Å². The minimum Gasteiger partial charge on any atom is -0.507 e. The Hall–Kier alpha value is -5.82. The first-order chi connectivity index (χ1) is 25.9. The Morgan fingerprint density at radius 2 is 1.72 bits per heavy atom. The summed E-state index contributed by atoms with van der Waals surface area (Å²) in [5, 5.41) is 22.3. The molecule has 0 radical (unpaired) electrons. The lowest BCUT2D eigenvalue weighted by Crippen LogP contribution is -2.54. The van der Waals surface area contributed by atoms with E-state index in [0.717, 1.165) is 66.0 Å². The third kappa shape index (κ3) is 6.14. The molecule has 13 heteroatoms. The Kier molecular flexibility index (Phi) is 8.49. The summed E-state index contributed by atoms with van der Waals surface area (Å²) in [6, 6.07) is 19.0. The van der Waals surface area contributed by atoms with Crippen LogP contribution in [0.15, 0.2) is 73.1 Å². The van der Waals surface area contributed by atoms with Crippen molar-refractivity contribution in [3.05, 3.63) is 78.6 Å². The monoisotopic (exact) mass is 712 g/mol. The predicted molar refractivity (Wildman–Crippen MR) is 199 cm³/mol. The Morgan fingerprint density at radius 3 is 2.51 bits per heavy atom. The van der Waals surface area contributed by atoms with Gasteiger partial charge in [0.25, 0.3) is 0 Å². The molecule has 53 heavy (non-hydrogen) atoms. The summed E-state index contributed by atoms with van der Waals surface area (Å²) in [7, 11) is 0. The molecule has 3 aromatic heterocycles. The molecule has 3 aliphatic heterocycles. The number of ether oxygens (including phenoxy) is 1. The van der Waals surface area contributed by atoms with Crippen molar-refractivity contribution >= 4 is 40.1 Å². The lowest BCUT2D eigenvalue weighted by molar-refractivity contribution is -0.134. The number of imide groups is 1. The number of aromatic hydroxyl groups is 1. The van der Waals surface area contributed by atoms with Crippen molar-refractivity contribution in [1.82, 2.24) is 30.4 Å². The number of anilines is 2. The third-order valence-electron chi connectivity index (χ3n) is 11.4. The fraction of sp³-hybridized carbons (Fsp3) is 0.350. The number of piperidine rings is 1. The van der Waals surface area contributed by atoms with Gasteiger partial charge in [-0.1, -0.05) is 24.3 Å². The molecule has 5 aromatic rings. The molecule has 2 saturated heterocycles. The smallest absolute Gasteiger partial charge is 0.249 e. The molecule has 9 rings (SSSR count). The molecule has 6 heterocycles. The van der Waals surface area contributed by atoms with Crippen molar-refractivity contribution in [1.29, 1.82) is 0 Å². The molecular weight excluding hydrogens is 672 g/mol. The standard InChI is InChI=1S/C40H40N8O5/c49-35-7-2-1-4-28(35)32-20-29-30(22-42-39(29)45-44-32)31-13-12-26(21-41-31)47-17-16-46(23-37(47)51)25-10-8-24(9-11-25)27-5-3-6-33-38(27)53-19-18-48(33)34-14-15-36(50)43-40(34)52/h1-7,12-13,20-22,24-25,34,49H,8-11,14-19,23H2,(H,42,45)(H,43,50,52). The van der Waals surface area contributed by atoms with Crippen LogP contribution in [-0.2, 0) is 14.4 Å². The number of aromatic nitrogens is 4. The third-order valence-corrected chi connectivity index (χ3v) is 11.4. The van der Waals surface area contributed by atoms with Gasteiger partial charge in [0.05, 0.1) is 42.0 Å². The molecule has 2 aromatic carbocycles. The maximum atomic E-state index is 13.5. The highest BCUT2D eigenvalue weighted by Crippen LogP contribution is 2.45. The largest absolute Gasteiger partial charge is 0.507 e. The minimum atomic E-state index is -0.369. The van der Waals surface area contributed by atoms with Crippen molar-refractivity contribution in [2.75, 3.05) is 42.6 Å². The second-order valence-corrected chi connectivity index (χ2v) is 14.3. The SMILES string of the molecule is O=C1CCC(N2CCOc3c(C4CCC(N5CCN(c6ccc(-c7c[nH]c8nnc(-c9ccccc9O)cc78)nc6)C(=O)C5)CC4)cccc32)C(=O)N1. The maximum Gasteiger partial charge on any atom is 0.249 e. The Balaban J connectivity index is 0.836. The number of fused-ring (bicyclic) bond motifs is 2. The number of nitrogens with one attached hydrogen (secondary N) is 2. The first-order valence-electron chi connectivity index (χ1n) is 18.4. The number of hydrogen-bond donors (Lipinski definition) is 3. The quantitative estimate of drug-likeness (QED) is 0.210. The van der Waals surface area contributed by atoms with Crippen molar-refractivity contribution in [2.24, 2.45) is 0 Å². The first-order valence-corrected chi connectivity index (χ1v) is 18.4. The number of pyridine rings is 1. The summed E-state index contributed by atoms with van der Waals surface area (Å²) in [4.78, 5) is 52.2. The summed E-state index contributed by atoms with van der Waals surface area (Å²) in [6.45, 7) is 2.88. The Bertz CT molecular complexity index is 2210. The number of para-hydroxylation sites is 2. The molecule has 1 atom stereocenters. The van der Waals surface area contributed by atoms with Gasteiger partial charge < -0.3 is 24.6 Å². The van der Waals surface area contributed by atoms with Crippen LogP contribution in [0.2, 0.25) is 0 Å². The van der Waals surface area contributed by atoms with Crippen LogP contribution in [0.1, 0.15) is 50.0 Å². The van der Waals surface area contributed by atoms with E-state index in [4.69, 9.17) is 9.72 Å². The lowest BCUT2D eigenvalue weighted by atomic mass is 9.80. The van der Waals surface area contributed by atoms with Gasteiger partial charge in [0, 0.05) is 48.3 Å². The highest BCUT2D eigenvalue weighted by atomic mass is 16.5. The van der Waals surface area contributed by atoms with Crippen LogP contribution in [0, 0.1) is 0 Å². The zero-order valence-electron chi connectivity index (χ0n) is 29.2. The summed E-state index contributed by atoms with van der Waals surface area (Å²) >= 11 is 0. The molecule has 3 fully saturated rings. The first kappa shape index (κ1) is 33.0. The number of aromatic amines is 1. The number of phenols is 1. The predicted octanol–water partition coefficient (Wildman–Crippen LogP) is 4.77. The second-order valence-electron chi connectivity index (χ2n) is 14.3. The van der Waals surface area contributed by atoms with Gasteiger partial charge in [0.1, 0.15) is 24.1 Å². The summed E-state index contributed by atoms with van der Waals surface area (Å²) in [5.41, 5.74) is 6.29. The van der Waals surface area contributed by atoms with E-state index in [-0.39, 0.29) is 29.5 Å². The molecule has 4 aliphatic rings. The topological polar surface area (TPSA) is 157 Å². The zero-order chi connectivity index (χ0) is 36.1. The number of carbonyl (C=O) groups is 3. The van der Waals surface area contributed by atoms with E-state index in [1.54, 1.807) is 24.4 Å². The number of hydrogen-bond acceptors (Lipinski definition) is 10. The van der Waals surface area contributed by atoms with Gasteiger partial charge in [-0.15, -0.1) is 10.2 Å². The second kappa shape index (κ2) is 13.6. The van der Waals surface area contributed by atoms with Gasteiger partial charge in [-0.05, 0) is 80.0 Å². The fourth-order valence-corrected chi connectivity index (χ4v) is 8.61. The van der Waals surface area contributed by atoms with E-state index >= 15 is 0 Å². The van der Waals surface area contributed by atoms with Gasteiger partial charge in [-0.2, -0.15) is 0 Å². The molecule has 270 valence electrons. The number of benzene rings is 2. The van der Waals surface area contributed by atoms with Crippen LogP contribution in [0.25, 0.3) is 33.5 Å². The molecule has 3 N–H and O–H groups in total. The van der Waals surface area contributed by atoms with Gasteiger partial charge in [-0.3, -0.25) is 29.6 Å². The lowest BCUT2D eigenvalue weighted by Gasteiger charge is -2.42. The van der Waals surface area contributed by atoms with Crippen LogP contribution < -0.4 is 19.9 Å². The van der Waals surface area contributed by atoms with Crippen LogP contribution in [0.3, 0.4) is 0 Å². The molecule has 3 amide bonds. The van der Waals surface area contributed by atoms with Crippen molar-refractivity contribution in [2.45, 2.75) is 56.5 Å². The average molecular weight is 713 g/mol. The molecule has 0 spiro atoms. The number of H-pyrrole nitrogens is 1. The number of piperazine rings is 1. The van der Waals surface area contributed by atoms with Crippen molar-refractivity contribution < 1.29 is 24.2 Å². The van der Waals surface area contributed by atoms with Crippen LogP contribution >= 0.6 is 0 Å². The van der Waals surface area contributed by atoms with E-state index in [0.29, 0.717) is 67.9 Å². The Labute approximate surface area is 306 Å². The van der Waals surface area contributed by atoms with E-state index in [1.165, 1.54) is 5.56 Å². The van der Waals surface area contributed by atoms with E-state index in [1.807, 2.05) is 41.4 Å². The number of carbonyl (C=O) groups excluding carboxylic acids is 3. The summed E-state index contributed by atoms with van der Waals surface area (Å²) in [6.07, 6.45) is 8.45. The highest BCUT2D eigenvalue weighted by Gasteiger charge is 2.37. The van der Waals surface area contributed by atoms with Gasteiger partial charge >= 0.3 is 0 Å². The molecule has 1 unspecified atom stereocenters. The minimum absolute atomic E-state index is 0.0710. The molecule has 1 saturated carbocycles. The maximum absolute atomic E-state index is 13.5. The summed E-state index contributed by atoms with van der Waals surface area (Å²) < 4.78 is 6.25.